The van der Waals surface area contributed by atoms with Crippen molar-refractivity contribution in [3.8, 4) is 5.82 Å². The Morgan fingerprint density at radius 1 is 1.09 bits per heavy atom. The van der Waals surface area contributed by atoms with Crippen LogP contribution in [-0.2, 0) is 4.74 Å². The second kappa shape index (κ2) is 8.97. The van der Waals surface area contributed by atoms with Crippen LogP contribution in [0.4, 0.5) is 16.2 Å². The first kappa shape index (κ1) is 22.8. The number of pyridine rings is 1. The fourth-order valence-corrected chi connectivity index (χ4v) is 4.28. The number of aromatic nitrogens is 7. The van der Waals surface area contributed by atoms with Crippen molar-refractivity contribution in [1.82, 2.24) is 39.0 Å². The largest absolute Gasteiger partial charge is 0.444 e. The summed E-state index contributed by atoms with van der Waals surface area (Å²) in [5, 5.41) is 7.55. The van der Waals surface area contributed by atoms with Gasteiger partial charge in [-0.05, 0) is 52.7 Å². The van der Waals surface area contributed by atoms with E-state index in [0.29, 0.717) is 18.9 Å². The summed E-state index contributed by atoms with van der Waals surface area (Å²) in [6, 6.07) is 3.84. The van der Waals surface area contributed by atoms with E-state index >= 15 is 0 Å². The molecule has 4 aromatic heterocycles. The molecule has 11 heteroatoms. The van der Waals surface area contributed by atoms with E-state index in [1.54, 1.807) is 28.4 Å². The maximum Gasteiger partial charge on any atom is 0.410 e. The van der Waals surface area contributed by atoms with Crippen LogP contribution in [0, 0.1) is 6.92 Å². The van der Waals surface area contributed by atoms with Gasteiger partial charge < -0.3 is 15.0 Å². The first-order valence-corrected chi connectivity index (χ1v) is 11.7. The number of likely N-dealkylation sites (tertiary alicyclic amines) is 1. The fraction of sp³-hybridized carbons (Fsp3) is 0.417. The Balaban J connectivity index is 1.32. The van der Waals surface area contributed by atoms with Crippen LogP contribution >= 0.6 is 0 Å². The van der Waals surface area contributed by atoms with Gasteiger partial charge in [0.25, 0.3) is 0 Å². The van der Waals surface area contributed by atoms with Gasteiger partial charge >= 0.3 is 6.09 Å². The number of hydrogen-bond donors (Lipinski definition) is 1. The van der Waals surface area contributed by atoms with Gasteiger partial charge in [0, 0.05) is 30.9 Å². The Hall–Kier alpha value is -4.02. The first-order chi connectivity index (χ1) is 16.8. The Morgan fingerprint density at radius 3 is 2.57 bits per heavy atom. The van der Waals surface area contributed by atoms with Crippen LogP contribution in [0.5, 0.6) is 0 Å². The molecular formula is C24H29N9O2. The van der Waals surface area contributed by atoms with E-state index in [1.807, 2.05) is 50.4 Å². The Labute approximate surface area is 203 Å². The summed E-state index contributed by atoms with van der Waals surface area (Å²) >= 11 is 0. The lowest BCUT2D eigenvalue weighted by Crippen LogP contribution is -2.41. The van der Waals surface area contributed by atoms with Crippen LogP contribution < -0.4 is 5.32 Å². The van der Waals surface area contributed by atoms with Crippen molar-refractivity contribution >= 4 is 23.1 Å². The summed E-state index contributed by atoms with van der Waals surface area (Å²) in [5.41, 5.74) is 3.87. The van der Waals surface area contributed by atoms with E-state index in [1.165, 1.54) is 6.33 Å². The van der Waals surface area contributed by atoms with Gasteiger partial charge in [0.15, 0.2) is 11.5 Å². The fourth-order valence-electron chi connectivity index (χ4n) is 4.28. The van der Waals surface area contributed by atoms with Crippen molar-refractivity contribution in [1.29, 1.82) is 0 Å². The van der Waals surface area contributed by atoms with Gasteiger partial charge in [-0.2, -0.15) is 5.10 Å². The number of piperidine rings is 1. The molecule has 182 valence electrons. The zero-order chi connectivity index (χ0) is 24.6. The smallest absolute Gasteiger partial charge is 0.410 e. The summed E-state index contributed by atoms with van der Waals surface area (Å²) in [7, 11) is 0. The third-order valence-corrected chi connectivity index (χ3v) is 6.01. The monoisotopic (exact) mass is 475 g/mol. The van der Waals surface area contributed by atoms with Gasteiger partial charge in [0.2, 0.25) is 0 Å². The molecule has 1 amide bonds. The van der Waals surface area contributed by atoms with Gasteiger partial charge in [-0.3, -0.25) is 4.40 Å². The predicted molar refractivity (Wildman–Crippen MR) is 130 cm³/mol. The van der Waals surface area contributed by atoms with Crippen LogP contribution in [0.3, 0.4) is 0 Å². The van der Waals surface area contributed by atoms with Crippen LogP contribution in [0.2, 0.25) is 0 Å². The van der Waals surface area contributed by atoms with Crippen molar-refractivity contribution in [2.24, 2.45) is 0 Å². The van der Waals surface area contributed by atoms with E-state index < -0.39 is 5.60 Å². The lowest BCUT2D eigenvalue weighted by Gasteiger charge is -2.33. The molecular weight excluding hydrogens is 446 g/mol. The number of imidazole rings is 1. The Bertz CT molecular complexity index is 1330. The van der Waals surface area contributed by atoms with Crippen molar-refractivity contribution in [2.75, 3.05) is 18.4 Å². The highest BCUT2D eigenvalue weighted by Gasteiger charge is 2.29. The molecule has 5 rings (SSSR count). The summed E-state index contributed by atoms with van der Waals surface area (Å²) in [4.78, 5) is 31.9. The maximum absolute atomic E-state index is 12.4. The van der Waals surface area contributed by atoms with Crippen molar-refractivity contribution in [3.63, 3.8) is 0 Å². The first-order valence-electron chi connectivity index (χ1n) is 11.7. The number of ether oxygens (including phenoxy) is 1. The minimum Gasteiger partial charge on any atom is -0.444 e. The molecule has 0 bridgehead atoms. The van der Waals surface area contributed by atoms with Crippen LogP contribution in [0.1, 0.15) is 50.9 Å². The van der Waals surface area contributed by atoms with Gasteiger partial charge in [-0.15, -0.1) is 0 Å². The molecule has 0 atom stereocenters. The van der Waals surface area contributed by atoms with Gasteiger partial charge in [-0.1, -0.05) is 0 Å². The number of anilines is 2. The van der Waals surface area contributed by atoms with E-state index in [2.05, 4.69) is 25.4 Å². The molecule has 1 aliphatic rings. The number of aryl methyl sites for hydroxylation is 1. The van der Waals surface area contributed by atoms with E-state index in [-0.39, 0.29) is 12.0 Å². The number of fused-ring (bicyclic) bond motifs is 1. The highest BCUT2D eigenvalue weighted by molar-refractivity contribution is 5.74. The molecule has 1 N–H and O–H groups in total. The lowest BCUT2D eigenvalue weighted by molar-refractivity contribution is 0.0204. The minimum absolute atomic E-state index is 0.249. The highest BCUT2D eigenvalue weighted by atomic mass is 16.6. The molecule has 1 fully saturated rings. The van der Waals surface area contributed by atoms with Crippen molar-refractivity contribution < 1.29 is 9.53 Å². The molecule has 0 aliphatic carbocycles. The van der Waals surface area contributed by atoms with Crippen molar-refractivity contribution in [3.05, 3.63) is 54.9 Å². The van der Waals surface area contributed by atoms with Crippen LogP contribution in [0.25, 0.3) is 11.5 Å². The van der Waals surface area contributed by atoms with Crippen LogP contribution in [-0.4, -0.2) is 63.8 Å². The molecule has 0 aromatic carbocycles. The number of nitrogens with zero attached hydrogens (tertiary/aromatic N) is 8. The molecule has 1 saturated heterocycles. The number of rotatable bonds is 4. The Kier molecular flexibility index (Phi) is 5.83. The van der Waals surface area contributed by atoms with E-state index in [4.69, 9.17) is 9.72 Å². The molecule has 0 unspecified atom stereocenters. The second-order valence-electron chi connectivity index (χ2n) is 9.69. The van der Waals surface area contributed by atoms with Crippen LogP contribution in [0.15, 0.2) is 43.5 Å². The van der Waals surface area contributed by atoms with E-state index in [9.17, 15) is 4.79 Å². The molecule has 0 spiro atoms. The average Bonchev–Trinajstić information content (AvgIpc) is 3.50. The van der Waals surface area contributed by atoms with Gasteiger partial charge in [0.1, 0.15) is 30.3 Å². The summed E-state index contributed by atoms with van der Waals surface area (Å²) in [5.74, 6) is 0.980. The number of hydrogen-bond acceptors (Lipinski definition) is 8. The topological polar surface area (TPSA) is 115 Å². The molecule has 11 nitrogen and oxygen atoms in total. The molecule has 4 aromatic rings. The summed E-state index contributed by atoms with van der Waals surface area (Å²) in [6.45, 7) is 8.90. The molecule has 5 heterocycles. The minimum atomic E-state index is -0.491. The zero-order valence-electron chi connectivity index (χ0n) is 20.3. The Morgan fingerprint density at radius 2 is 1.89 bits per heavy atom. The summed E-state index contributed by atoms with van der Waals surface area (Å²) in [6.07, 6.45) is 10.0. The third kappa shape index (κ3) is 4.79. The van der Waals surface area contributed by atoms with Gasteiger partial charge in [0.05, 0.1) is 17.6 Å². The number of amides is 1. The highest BCUT2D eigenvalue weighted by Crippen LogP contribution is 2.31. The lowest BCUT2D eigenvalue weighted by atomic mass is 9.94. The van der Waals surface area contributed by atoms with Gasteiger partial charge in [-0.25, -0.2) is 29.4 Å². The van der Waals surface area contributed by atoms with Crippen molar-refractivity contribution in [2.45, 2.75) is 52.1 Å². The standard InChI is InChI=1S/C24H29N9O2/c1-16-18(5-6-21(29-16)33-15-26-13-28-33)30-19-11-25-14-32-20(12-27-22(19)32)17-7-9-31(10-8-17)23(34)35-24(2,3)4/h5-6,11-15,17,30H,7-10H2,1-4H3. The third-order valence-electron chi connectivity index (χ3n) is 6.01. The summed E-state index contributed by atoms with van der Waals surface area (Å²) < 4.78 is 9.17. The number of carbonyl (C=O) groups is 1. The molecule has 35 heavy (non-hydrogen) atoms. The van der Waals surface area contributed by atoms with E-state index in [0.717, 1.165) is 41.3 Å². The molecule has 0 radical (unpaired) electrons. The SMILES string of the molecule is Cc1nc(-n2cncn2)ccc1Nc1cncn2c(C3CCN(C(=O)OC(C)(C)C)CC3)cnc12. The number of nitrogens with one attached hydrogen (secondary N) is 1. The zero-order valence-corrected chi connectivity index (χ0v) is 20.3. The second-order valence-corrected chi connectivity index (χ2v) is 9.69. The maximum atomic E-state index is 12.4. The normalized spacial score (nSPS) is 14.9. The quantitative estimate of drug-likeness (QED) is 0.473. The number of carbonyl (C=O) groups excluding carboxylic acids is 1. The molecule has 1 aliphatic heterocycles. The predicted octanol–water partition coefficient (Wildman–Crippen LogP) is 3.87. The molecule has 0 saturated carbocycles. The average molecular weight is 476 g/mol.